The van der Waals surface area contributed by atoms with E-state index in [-0.39, 0.29) is 17.7 Å². The number of fused-ring (bicyclic) bond motifs is 1. The molecule has 0 aromatic rings. The van der Waals surface area contributed by atoms with Gasteiger partial charge >= 0.3 is 5.97 Å². The maximum atomic E-state index is 11.1. The van der Waals surface area contributed by atoms with Crippen LogP contribution in [0.5, 0.6) is 0 Å². The van der Waals surface area contributed by atoms with Crippen molar-refractivity contribution in [2.75, 3.05) is 19.7 Å². The summed E-state index contributed by atoms with van der Waals surface area (Å²) >= 11 is 0. The third-order valence-corrected chi connectivity index (χ3v) is 2.22. The highest BCUT2D eigenvalue weighted by Gasteiger charge is 2.43. The lowest BCUT2D eigenvalue weighted by atomic mass is 9.88. The van der Waals surface area contributed by atoms with E-state index in [1.165, 1.54) is 0 Å². The zero-order chi connectivity index (χ0) is 7.84. The van der Waals surface area contributed by atoms with E-state index in [1.807, 2.05) is 0 Å². The van der Waals surface area contributed by atoms with Gasteiger partial charge in [-0.15, -0.1) is 0 Å². The molecule has 0 unspecified atom stereocenters. The molecule has 0 aromatic carbocycles. The minimum atomic E-state index is -0.462. The second-order valence-corrected chi connectivity index (χ2v) is 2.97. The van der Waals surface area contributed by atoms with Crippen molar-refractivity contribution in [3.8, 4) is 0 Å². The highest BCUT2D eigenvalue weighted by molar-refractivity contribution is 6.01. The van der Waals surface area contributed by atoms with E-state index in [9.17, 15) is 9.59 Å². The van der Waals surface area contributed by atoms with Gasteiger partial charge < -0.3 is 10.1 Å². The van der Waals surface area contributed by atoms with Crippen molar-refractivity contribution < 1.29 is 14.3 Å². The Morgan fingerprint density at radius 1 is 1.45 bits per heavy atom. The molecule has 2 atom stereocenters. The van der Waals surface area contributed by atoms with Crippen LogP contribution in [0, 0.1) is 11.8 Å². The molecule has 0 spiro atoms. The number of ether oxygens (including phenoxy) is 1. The smallest absolute Gasteiger partial charge is 0.317 e. The molecule has 2 fully saturated rings. The zero-order valence-corrected chi connectivity index (χ0v) is 6.00. The average Bonchev–Trinajstić information content (AvgIpc) is 2.34. The van der Waals surface area contributed by atoms with Gasteiger partial charge in [0.1, 0.15) is 5.92 Å². The highest BCUT2D eigenvalue weighted by Crippen LogP contribution is 2.24. The molecule has 0 aromatic heterocycles. The number of nitrogens with one attached hydrogen (secondary N) is 1. The van der Waals surface area contributed by atoms with Gasteiger partial charge in [0.2, 0.25) is 0 Å². The van der Waals surface area contributed by atoms with E-state index in [1.54, 1.807) is 0 Å². The van der Waals surface area contributed by atoms with Crippen molar-refractivity contribution in [3.63, 3.8) is 0 Å². The van der Waals surface area contributed by atoms with Gasteiger partial charge in [-0.2, -0.15) is 0 Å². The summed E-state index contributed by atoms with van der Waals surface area (Å²) in [7, 11) is 0. The van der Waals surface area contributed by atoms with E-state index in [4.69, 9.17) is 4.74 Å². The fourth-order valence-electron chi connectivity index (χ4n) is 1.63. The van der Waals surface area contributed by atoms with Crippen molar-refractivity contribution in [1.82, 2.24) is 5.32 Å². The van der Waals surface area contributed by atoms with E-state index < -0.39 is 5.92 Å². The summed E-state index contributed by atoms with van der Waals surface area (Å²) in [5.74, 6) is -0.731. The molecule has 0 amide bonds. The molecule has 60 valence electrons. The lowest BCUT2D eigenvalue weighted by Gasteiger charge is -2.20. The van der Waals surface area contributed by atoms with Gasteiger partial charge in [0.05, 0.1) is 13.2 Å². The van der Waals surface area contributed by atoms with Crippen LogP contribution < -0.4 is 5.32 Å². The number of rotatable bonds is 0. The Bertz CT molecular complexity index is 214. The first-order valence-electron chi connectivity index (χ1n) is 3.69. The maximum absolute atomic E-state index is 11.1. The van der Waals surface area contributed by atoms with Gasteiger partial charge in [-0.25, -0.2) is 0 Å². The highest BCUT2D eigenvalue weighted by atomic mass is 16.5. The maximum Gasteiger partial charge on any atom is 0.317 e. The van der Waals surface area contributed by atoms with Gasteiger partial charge in [-0.1, -0.05) is 0 Å². The number of hydrogen-bond donors (Lipinski definition) is 1. The Morgan fingerprint density at radius 3 is 3.00 bits per heavy atom. The van der Waals surface area contributed by atoms with Gasteiger partial charge in [0.15, 0.2) is 5.78 Å². The summed E-state index contributed by atoms with van der Waals surface area (Å²) in [5.41, 5.74) is 0. The van der Waals surface area contributed by atoms with Crippen LogP contribution in [0.25, 0.3) is 0 Å². The summed E-state index contributed by atoms with van der Waals surface area (Å²) in [4.78, 5) is 22.1. The SMILES string of the molecule is O=C1CNC[C@@H]2COC(=O)[C@H]12. The Morgan fingerprint density at radius 2 is 2.27 bits per heavy atom. The van der Waals surface area contributed by atoms with Crippen molar-refractivity contribution in [2.45, 2.75) is 0 Å². The summed E-state index contributed by atoms with van der Waals surface area (Å²) in [5, 5.41) is 2.94. The van der Waals surface area contributed by atoms with Gasteiger partial charge in [0.25, 0.3) is 0 Å². The second-order valence-electron chi connectivity index (χ2n) is 2.97. The number of esters is 1. The predicted molar refractivity (Wildman–Crippen MR) is 35.8 cm³/mol. The van der Waals surface area contributed by atoms with E-state index >= 15 is 0 Å². The van der Waals surface area contributed by atoms with Crippen molar-refractivity contribution in [3.05, 3.63) is 0 Å². The second kappa shape index (κ2) is 2.30. The molecule has 0 saturated carbocycles. The fraction of sp³-hybridized carbons (Fsp3) is 0.714. The van der Waals surface area contributed by atoms with E-state index in [2.05, 4.69) is 5.32 Å². The minimum absolute atomic E-state index is 0.0243. The normalized spacial score (nSPS) is 36.7. The predicted octanol–water partition coefficient (Wildman–Crippen LogP) is -1.05. The van der Waals surface area contributed by atoms with Crippen LogP contribution >= 0.6 is 0 Å². The van der Waals surface area contributed by atoms with Gasteiger partial charge in [-0.05, 0) is 0 Å². The summed E-state index contributed by atoms with van der Waals surface area (Å²) < 4.78 is 4.77. The number of hydrogen-bond acceptors (Lipinski definition) is 4. The minimum Gasteiger partial charge on any atom is -0.465 e. The molecule has 0 aliphatic carbocycles. The molecule has 1 N–H and O–H groups in total. The number of carbonyl (C=O) groups excluding carboxylic acids is 2. The number of ketones is 1. The number of carbonyl (C=O) groups is 2. The lowest BCUT2D eigenvalue weighted by Crippen LogP contribution is -2.44. The van der Waals surface area contributed by atoms with E-state index in [0.717, 1.165) is 6.54 Å². The standard InChI is InChI=1S/C7H9NO3/c9-5-2-8-1-4-3-11-7(10)6(4)5/h4,6,8H,1-3H2/t4-,6+/m1/s1. The molecule has 2 saturated heterocycles. The molecule has 4 nitrogen and oxygen atoms in total. The zero-order valence-electron chi connectivity index (χ0n) is 6.00. The van der Waals surface area contributed by atoms with Crippen LogP contribution in [0.3, 0.4) is 0 Å². The number of Topliss-reactive ketones (excluding diaryl/α,β-unsaturated/α-hetero) is 1. The molecule has 2 aliphatic heterocycles. The van der Waals surface area contributed by atoms with Crippen LogP contribution in [0.15, 0.2) is 0 Å². The largest absolute Gasteiger partial charge is 0.465 e. The molecule has 4 heteroatoms. The lowest BCUT2D eigenvalue weighted by molar-refractivity contribution is -0.144. The third-order valence-electron chi connectivity index (χ3n) is 2.22. The first-order valence-corrected chi connectivity index (χ1v) is 3.69. The van der Waals surface area contributed by atoms with Crippen molar-refractivity contribution in [1.29, 1.82) is 0 Å². The van der Waals surface area contributed by atoms with Crippen LogP contribution in [0.2, 0.25) is 0 Å². The molecular weight excluding hydrogens is 146 g/mol. The molecule has 2 rings (SSSR count). The average molecular weight is 155 g/mol. The quantitative estimate of drug-likeness (QED) is 0.358. The number of piperidine rings is 1. The molecule has 2 aliphatic rings. The van der Waals surface area contributed by atoms with Crippen LogP contribution in [0.4, 0.5) is 0 Å². The fourth-order valence-corrected chi connectivity index (χ4v) is 1.63. The first kappa shape index (κ1) is 6.79. The first-order chi connectivity index (χ1) is 5.29. The Kier molecular flexibility index (Phi) is 1.42. The van der Waals surface area contributed by atoms with Gasteiger partial charge in [-0.3, -0.25) is 9.59 Å². The molecule has 11 heavy (non-hydrogen) atoms. The van der Waals surface area contributed by atoms with E-state index in [0.29, 0.717) is 13.2 Å². The van der Waals surface area contributed by atoms with Crippen LogP contribution in [-0.2, 0) is 14.3 Å². The molecular formula is C7H9NO3. The summed E-state index contributed by atoms with van der Waals surface area (Å²) in [6, 6.07) is 0. The Labute approximate surface area is 63.9 Å². The molecule has 0 bridgehead atoms. The topological polar surface area (TPSA) is 55.4 Å². The Balaban J connectivity index is 2.21. The Hall–Kier alpha value is -0.900. The van der Waals surface area contributed by atoms with Crippen molar-refractivity contribution >= 4 is 11.8 Å². The molecule has 2 heterocycles. The van der Waals surface area contributed by atoms with Crippen LogP contribution in [-0.4, -0.2) is 31.4 Å². The summed E-state index contributed by atoms with van der Waals surface area (Å²) in [6.45, 7) is 1.45. The van der Waals surface area contributed by atoms with Crippen molar-refractivity contribution in [2.24, 2.45) is 11.8 Å². The number of cyclic esters (lactones) is 1. The monoisotopic (exact) mass is 155 g/mol. The van der Waals surface area contributed by atoms with Gasteiger partial charge in [0, 0.05) is 12.5 Å². The van der Waals surface area contributed by atoms with Crippen LogP contribution in [0.1, 0.15) is 0 Å². The molecule has 0 radical (unpaired) electrons. The third kappa shape index (κ3) is 0.939. The summed E-state index contributed by atoms with van der Waals surface area (Å²) in [6.07, 6.45) is 0.